The van der Waals surface area contributed by atoms with Gasteiger partial charge in [-0.25, -0.2) is 13.1 Å². The molecule has 6 heteroatoms. The highest BCUT2D eigenvalue weighted by Crippen LogP contribution is 2.15. The summed E-state index contributed by atoms with van der Waals surface area (Å²) in [4.78, 5) is 0.392. The van der Waals surface area contributed by atoms with Gasteiger partial charge in [-0.05, 0) is 31.0 Å². The zero-order chi connectivity index (χ0) is 13.4. The third kappa shape index (κ3) is 5.91. The number of rotatable bonds is 8. The summed E-state index contributed by atoms with van der Waals surface area (Å²) >= 11 is 0. The standard InChI is InChI=1S/C13H22N2O2S.ClH/c1-3-9-14-10-11-15-18(16,17)13-8-6-5-7-12(13)4-2;/h5-8,14-15H,3-4,9-11H2,1-2H3;1H. The molecule has 0 fully saturated rings. The molecule has 1 rings (SSSR count). The zero-order valence-corrected chi connectivity index (χ0v) is 13.1. The number of nitrogens with one attached hydrogen (secondary N) is 2. The molecule has 0 bridgehead atoms. The fourth-order valence-electron chi connectivity index (χ4n) is 1.71. The van der Waals surface area contributed by atoms with Crippen molar-refractivity contribution in [1.29, 1.82) is 0 Å². The van der Waals surface area contributed by atoms with Crippen molar-refractivity contribution in [3.63, 3.8) is 0 Å². The van der Waals surface area contributed by atoms with Gasteiger partial charge in [0.2, 0.25) is 10.0 Å². The molecule has 0 saturated heterocycles. The topological polar surface area (TPSA) is 58.2 Å². The monoisotopic (exact) mass is 306 g/mol. The minimum Gasteiger partial charge on any atom is -0.315 e. The van der Waals surface area contributed by atoms with E-state index < -0.39 is 10.0 Å². The van der Waals surface area contributed by atoms with Crippen LogP contribution in [-0.2, 0) is 16.4 Å². The molecule has 0 heterocycles. The van der Waals surface area contributed by atoms with Crippen molar-refractivity contribution in [3.05, 3.63) is 29.8 Å². The van der Waals surface area contributed by atoms with Gasteiger partial charge in [0, 0.05) is 13.1 Å². The quantitative estimate of drug-likeness (QED) is 0.722. The van der Waals surface area contributed by atoms with Crippen LogP contribution in [0.25, 0.3) is 0 Å². The molecule has 0 aliphatic carbocycles. The summed E-state index contributed by atoms with van der Waals surface area (Å²) in [6, 6.07) is 7.12. The SMILES string of the molecule is CCCNCCNS(=O)(=O)c1ccccc1CC.Cl. The first-order valence-corrected chi connectivity index (χ1v) is 7.88. The number of aryl methyl sites for hydroxylation is 1. The van der Waals surface area contributed by atoms with Crippen LogP contribution in [0.1, 0.15) is 25.8 Å². The number of hydrogen-bond donors (Lipinski definition) is 2. The first-order valence-electron chi connectivity index (χ1n) is 6.40. The molecule has 4 nitrogen and oxygen atoms in total. The highest BCUT2D eigenvalue weighted by molar-refractivity contribution is 7.89. The molecule has 0 radical (unpaired) electrons. The van der Waals surface area contributed by atoms with E-state index in [1.165, 1.54) is 0 Å². The van der Waals surface area contributed by atoms with Crippen molar-refractivity contribution >= 4 is 22.4 Å². The summed E-state index contributed by atoms with van der Waals surface area (Å²) in [6.07, 6.45) is 1.76. The summed E-state index contributed by atoms with van der Waals surface area (Å²) in [5.41, 5.74) is 0.853. The van der Waals surface area contributed by atoms with E-state index in [0.29, 0.717) is 24.4 Å². The lowest BCUT2D eigenvalue weighted by Crippen LogP contribution is -2.32. The van der Waals surface area contributed by atoms with E-state index in [1.807, 2.05) is 19.1 Å². The average Bonchev–Trinajstić information content (AvgIpc) is 2.38. The Morgan fingerprint density at radius 3 is 2.37 bits per heavy atom. The summed E-state index contributed by atoms with van der Waals surface area (Å²) in [7, 11) is -3.38. The van der Waals surface area contributed by atoms with E-state index in [2.05, 4.69) is 17.0 Å². The van der Waals surface area contributed by atoms with Crippen molar-refractivity contribution in [2.45, 2.75) is 31.6 Å². The van der Waals surface area contributed by atoms with Crippen LogP contribution < -0.4 is 10.0 Å². The molecule has 1 aromatic carbocycles. The fourth-order valence-corrected chi connectivity index (χ4v) is 3.05. The second-order valence-corrected chi connectivity index (χ2v) is 5.84. The lowest BCUT2D eigenvalue weighted by Gasteiger charge is -2.10. The number of benzene rings is 1. The molecule has 2 N–H and O–H groups in total. The molecular weight excluding hydrogens is 284 g/mol. The molecule has 0 aliphatic rings. The molecule has 0 saturated carbocycles. The predicted molar refractivity (Wildman–Crippen MR) is 81.4 cm³/mol. The van der Waals surface area contributed by atoms with Crippen molar-refractivity contribution < 1.29 is 8.42 Å². The summed E-state index contributed by atoms with van der Waals surface area (Å²) < 4.78 is 26.8. The maximum Gasteiger partial charge on any atom is 0.240 e. The predicted octanol–water partition coefficient (Wildman–Crippen LogP) is 1.95. The Labute approximate surface area is 122 Å². The first-order chi connectivity index (χ1) is 8.61. The van der Waals surface area contributed by atoms with Crippen LogP contribution in [-0.4, -0.2) is 28.1 Å². The maximum atomic E-state index is 12.1. The van der Waals surface area contributed by atoms with Crippen LogP contribution >= 0.6 is 12.4 Å². The minimum atomic E-state index is -3.38. The van der Waals surface area contributed by atoms with Gasteiger partial charge >= 0.3 is 0 Å². The Bertz CT molecular complexity index is 463. The Balaban J connectivity index is 0.00000324. The smallest absolute Gasteiger partial charge is 0.240 e. The fraction of sp³-hybridized carbons (Fsp3) is 0.538. The van der Waals surface area contributed by atoms with Gasteiger partial charge < -0.3 is 5.32 Å². The van der Waals surface area contributed by atoms with Crippen LogP contribution in [0.15, 0.2) is 29.2 Å². The number of sulfonamides is 1. The van der Waals surface area contributed by atoms with Gasteiger partial charge in [-0.3, -0.25) is 0 Å². The van der Waals surface area contributed by atoms with E-state index in [4.69, 9.17) is 0 Å². The second kappa shape index (κ2) is 9.31. The van der Waals surface area contributed by atoms with Gasteiger partial charge in [0.1, 0.15) is 0 Å². The van der Waals surface area contributed by atoms with E-state index >= 15 is 0 Å². The number of hydrogen-bond acceptors (Lipinski definition) is 3. The normalized spacial score (nSPS) is 11.1. The molecule has 19 heavy (non-hydrogen) atoms. The van der Waals surface area contributed by atoms with Crippen LogP contribution in [0.5, 0.6) is 0 Å². The van der Waals surface area contributed by atoms with Crippen LogP contribution in [0.2, 0.25) is 0 Å². The molecule has 0 amide bonds. The molecule has 0 spiro atoms. The van der Waals surface area contributed by atoms with Gasteiger partial charge in [0.05, 0.1) is 4.90 Å². The third-order valence-corrected chi connectivity index (χ3v) is 4.23. The van der Waals surface area contributed by atoms with E-state index in [-0.39, 0.29) is 12.4 Å². The maximum absolute atomic E-state index is 12.1. The average molecular weight is 307 g/mol. The molecule has 0 unspecified atom stereocenters. The molecular formula is C13H23ClN2O2S. The highest BCUT2D eigenvalue weighted by Gasteiger charge is 2.16. The highest BCUT2D eigenvalue weighted by atomic mass is 35.5. The lowest BCUT2D eigenvalue weighted by atomic mass is 10.2. The van der Waals surface area contributed by atoms with Gasteiger partial charge in [0.25, 0.3) is 0 Å². The molecule has 1 aromatic rings. The first kappa shape index (κ1) is 18.4. The Kier molecular flexibility index (Phi) is 9.01. The van der Waals surface area contributed by atoms with E-state index in [0.717, 1.165) is 18.5 Å². The van der Waals surface area contributed by atoms with Gasteiger partial charge in [-0.15, -0.1) is 12.4 Å². The molecule has 0 atom stereocenters. The summed E-state index contributed by atoms with van der Waals surface area (Å²) in [5, 5.41) is 3.16. The van der Waals surface area contributed by atoms with Gasteiger partial charge in [-0.2, -0.15) is 0 Å². The molecule has 110 valence electrons. The van der Waals surface area contributed by atoms with Crippen LogP contribution in [0.3, 0.4) is 0 Å². The molecule has 0 aromatic heterocycles. The van der Waals surface area contributed by atoms with Crippen molar-refractivity contribution in [2.75, 3.05) is 19.6 Å². The Morgan fingerprint density at radius 2 is 1.74 bits per heavy atom. The van der Waals surface area contributed by atoms with Crippen molar-refractivity contribution in [1.82, 2.24) is 10.0 Å². The van der Waals surface area contributed by atoms with E-state index in [1.54, 1.807) is 12.1 Å². The summed E-state index contributed by atoms with van der Waals surface area (Å²) in [6.45, 7) is 6.01. The zero-order valence-electron chi connectivity index (χ0n) is 11.5. The summed E-state index contributed by atoms with van der Waals surface area (Å²) in [5.74, 6) is 0. The van der Waals surface area contributed by atoms with Crippen LogP contribution in [0, 0.1) is 0 Å². The molecule has 0 aliphatic heterocycles. The van der Waals surface area contributed by atoms with Gasteiger partial charge in [-0.1, -0.05) is 32.0 Å². The Morgan fingerprint density at radius 1 is 1.05 bits per heavy atom. The van der Waals surface area contributed by atoms with Gasteiger partial charge in [0.15, 0.2) is 0 Å². The van der Waals surface area contributed by atoms with E-state index in [9.17, 15) is 8.42 Å². The largest absolute Gasteiger partial charge is 0.315 e. The number of halogens is 1. The second-order valence-electron chi connectivity index (χ2n) is 4.11. The lowest BCUT2D eigenvalue weighted by molar-refractivity contribution is 0.574. The van der Waals surface area contributed by atoms with Crippen molar-refractivity contribution in [2.24, 2.45) is 0 Å². The van der Waals surface area contributed by atoms with Crippen molar-refractivity contribution in [3.8, 4) is 0 Å². The minimum absolute atomic E-state index is 0. The third-order valence-electron chi connectivity index (χ3n) is 2.66. The van der Waals surface area contributed by atoms with Crippen LogP contribution in [0.4, 0.5) is 0 Å². The Hall–Kier alpha value is -0.620.